The van der Waals surface area contributed by atoms with Crippen molar-refractivity contribution < 1.29 is 26.7 Å². The second kappa shape index (κ2) is 8.25. The second-order valence-electron chi connectivity index (χ2n) is 4.02. The maximum Gasteiger partial charge on any atom is 0.273 e. The molecule has 0 saturated heterocycles. The summed E-state index contributed by atoms with van der Waals surface area (Å²) in [5.74, 6) is -2.86. The molecule has 0 heterocycles. The van der Waals surface area contributed by atoms with Crippen LogP contribution in [0.4, 0.5) is 8.78 Å². The first kappa shape index (κ1) is 21.3. The molecule has 1 aromatic rings. The van der Waals surface area contributed by atoms with Gasteiger partial charge in [-0.3, -0.25) is 0 Å². The van der Waals surface area contributed by atoms with Crippen LogP contribution < -0.4 is 19.9 Å². The molecular weight excluding hydrogens is 410 g/mol. The first-order valence-electron chi connectivity index (χ1n) is 5.66. The van der Waals surface area contributed by atoms with E-state index in [9.17, 15) is 17.2 Å². The first-order valence-corrected chi connectivity index (χ1v) is 7.93. The van der Waals surface area contributed by atoms with Gasteiger partial charge in [-0.1, -0.05) is 0 Å². The van der Waals surface area contributed by atoms with E-state index in [0.717, 1.165) is 0 Å². The lowest BCUT2D eigenvalue weighted by Gasteiger charge is -2.16. The number of nitrogens with two attached hydrogens (primary N) is 1. The van der Waals surface area contributed by atoms with Gasteiger partial charge in [0.05, 0.1) is 27.3 Å². The average molecular weight is 426 g/mol. The molecule has 0 amide bonds. The smallest absolute Gasteiger partial charge is 0.273 e. The quantitative estimate of drug-likeness (QED) is 0.695. The van der Waals surface area contributed by atoms with Crippen LogP contribution in [0.2, 0.25) is 0 Å². The van der Waals surface area contributed by atoms with Crippen molar-refractivity contribution in [2.75, 3.05) is 27.3 Å². The van der Waals surface area contributed by atoms with Gasteiger partial charge in [-0.2, -0.15) is 0 Å². The van der Waals surface area contributed by atoms with Gasteiger partial charge >= 0.3 is 0 Å². The van der Waals surface area contributed by atoms with Gasteiger partial charge in [-0.15, -0.1) is 12.4 Å². The molecule has 1 aromatic carbocycles. The number of rotatable bonds is 7. The summed E-state index contributed by atoms with van der Waals surface area (Å²) in [7, 11) is -1.44. The van der Waals surface area contributed by atoms with Crippen molar-refractivity contribution in [1.82, 2.24) is 4.72 Å². The Balaban J connectivity index is 0.00000441. The molecule has 0 aliphatic carbocycles. The molecule has 0 aromatic heterocycles. The highest BCUT2D eigenvalue weighted by Gasteiger charge is 2.30. The number of hydrogen-bond acceptors (Lipinski definition) is 5. The predicted molar refractivity (Wildman–Crippen MR) is 83.7 cm³/mol. The lowest BCUT2D eigenvalue weighted by atomic mass is 10.3. The minimum absolute atomic E-state index is 0. The van der Waals surface area contributed by atoms with E-state index >= 15 is 0 Å². The number of halogens is 4. The molecule has 0 saturated carbocycles. The van der Waals surface area contributed by atoms with Crippen LogP contribution in [0.3, 0.4) is 0 Å². The fourth-order valence-corrected chi connectivity index (χ4v) is 3.49. The molecule has 1 rings (SSSR count). The Morgan fingerprint density at radius 3 is 2.23 bits per heavy atom. The molecule has 0 fully saturated rings. The largest absolute Gasteiger partial charge is 0.493 e. The summed E-state index contributed by atoms with van der Waals surface area (Å²) in [5.41, 5.74) is 4.86. The van der Waals surface area contributed by atoms with E-state index in [1.54, 1.807) is 0 Å². The molecule has 128 valence electrons. The molecule has 0 atom stereocenters. The van der Waals surface area contributed by atoms with Gasteiger partial charge < -0.3 is 15.2 Å². The topological polar surface area (TPSA) is 90.7 Å². The van der Waals surface area contributed by atoms with Crippen LogP contribution in [0.25, 0.3) is 0 Å². The third-order valence-electron chi connectivity index (χ3n) is 2.55. The molecule has 0 aliphatic rings. The summed E-state index contributed by atoms with van der Waals surface area (Å²) in [6.45, 7) is -2.05. The maximum absolute atomic E-state index is 13.1. The fourth-order valence-electron chi connectivity index (χ4n) is 1.39. The zero-order valence-electron chi connectivity index (χ0n) is 11.7. The monoisotopic (exact) mass is 424 g/mol. The fraction of sp³-hybridized carbons (Fsp3) is 0.455. The van der Waals surface area contributed by atoms with E-state index in [0.29, 0.717) is 5.75 Å². The summed E-state index contributed by atoms with van der Waals surface area (Å²) in [5, 5.41) is 0. The van der Waals surface area contributed by atoms with Crippen LogP contribution in [0.5, 0.6) is 11.5 Å². The van der Waals surface area contributed by atoms with E-state index in [1.807, 2.05) is 4.72 Å². The van der Waals surface area contributed by atoms with Crippen LogP contribution in [-0.2, 0) is 10.0 Å². The molecule has 0 bridgehead atoms. The molecule has 0 radical (unpaired) electrons. The number of hydrogen-bond donors (Lipinski definition) is 2. The summed E-state index contributed by atoms with van der Waals surface area (Å²) < 4.78 is 62.2. The molecular formula is C11H16BrClF2N2O4S. The van der Waals surface area contributed by atoms with Crippen LogP contribution >= 0.6 is 28.3 Å². The zero-order valence-corrected chi connectivity index (χ0v) is 14.9. The van der Waals surface area contributed by atoms with Gasteiger partial charge in [-0.25, -0.2) is 21.9 Å². The number of sulfonamides is 1. The Bertz CT molecular complexity index is 616. The minimum Gasteiger partial charge on any atom is -0.493 e. The number of nitrogens with one attached hydrogen (secondary N) is 1. The van der Waals surface area contributed by atoms with Gasteiger partial charge in [0.2, 0.25) is 10.0 Å². The zero-order chi connectivity index (χ0) is 16.3. The average Bonchev–Trinajstić information content (AvgIpc) is 2.44. The molecule has 3 N–H and O–H groups in total. The van der Waals surface area contributed by atoms with Crippen molar-refractivity contribution in [1.29, 1.82) is 0 Å². The van der Waals surface area contributed by atoms with Gasteiger partial charge in [0.15, 0.2) is 11.5 Å². The highest BCUT2D eigenvalue weighted by molar-refractivity contribution is 9.10. The maximum atomic E-state index is 13.1. The van der Waals surface area contributed by atoms with Gasteiger partial charge in [-0.05, 0) is 22.0 Å². The van der Waals surface area contributed by atoms with Crippen molar-refractivity contribution in [3.05, 3.63) is 16.6 Å². The summed E-state index contributed by atoms with van der Waals surface area (Å²) in [6.07, 6.45) is 0. The molecule has 22 heavy (non-hydrogen) atoms. The SMILES string of the molecule is COc1cc(Br)c(S(=O)(=O)NCC(F)(F)CN)cc1OC.Cl. The van der Waals surface area contributed by atoms with E-state index in [4.69, 9.17) is 15.2 Å². The van der Waals surface area contributed by atoms with Crippen LogP contribution in [0.1, 0.15) is 0 Å². The summed E-state index contributed by atoms with van der Waals surface area (Å²) in [4.78, 5) is -0.243. The first-order chi connectivity index (χ1) is 9.66. The third-order valence-corrected chi connectivity index (χ3v) is 4.91. The van der Waals surface area contributed by atoms with Crippen LogP contribution in [0, 0.1) is 0 Å². The lowest BCUT2D eigenvalue weighted by molar-refractivity contribution is 0.0170. The number of ether oxygens (including phenoxy) is 2. The van der Waals surface area contributed by atoms with Crippen molar-refractivity contribution in [3.63, 3.8) is 0 Å². The lowest BCUT2D eigenvalue weighted by Crippen LogP contribution is -2.41. The standard InChI is InChI=1S/C11H15BrF2N2O4S.ClH/c1-19-8-3-7(12)10(4-9(8)20-2)21(17,18)16-6-11(13,14)5-15;/h3-4,16H,5-6,15H2,1-2H3;1H. The van der Waals surface area contributed by atoms with Crippen LogP contribution in [-0.4, -0.2) is 41.6 Å². The minimum atomic E-state index is -4.16. The van der Waals surface area contributed by atoms with Gasteiger partial charge in [0, 0.05) is 10.5 Å². The highest BCUT2D eigenvalue weighted by atomic mass is 79.9. The molecule has 0 spiro atoms. The van der Waals surface area contributed by atoms with E-state index < -0.39 is 29.0 Å². The molecule has 6 nitrogen and oxygen atoms in total. The van der Waals surface area contributed by atoms with Gasteiger partial charge in [0.1, 0.15) is 4.90 Å². The van der Waals surface area contributed by atoms with Crippen molar-refractivity contribution in [2.45, 2.75) is 10.8 Å². The van der Waals surface area contributed by atoms with E-state index in [-0.39, 0.29) is 27.5 Å². The van der Waals surface area contributed by atoms with Crippen LogP contribution in [0.15, 0.2) is 21.5 Å². The van der Waals surface area contributed by atoms with Crippen molar-refractivity contribution in [3.8, 4) is 11.5 Å². The van der Waals surface area contributed by atoms with Crippen molar-refractivity contribution >= 4 is 38.4 Å². The predicted octanol–water partition coefficient (Wildman–Crippen LogP) is 1.76. The Kier molecular flexibility index (Phi) is 8.00. The summed E-state index contributed by atoms with van der Waals surface area (Å²) in [6, 6.07) is 2.54. The Hall–Kier alpha value is -0.680. The van der Waals surface area contributed by atoms with E-state index in [2.05, 4.69) is 15.9 Å². The van der Waals surface area contributed by atoms with Crippen molar-refractivity contribution in [2.24, 2.45) is 5.73 Å². The highest BCUT2D eigenvalue weighted by Crippen LogP contribution is 2.35. The van der Waals surface area contributed by atoms with Gasteiger partial charge in [0.25, 0.3) is 5.92 Å². The Morgan fingerprint density at radius 2 is 1.77 bits per heavy atom. The number of alkyl halides is 2. The van der Waals surface area contributed by atoms with E-state index in [1.165, 1.54) is 26.4 Å². The normalized spacial score (nSPS) is 11.7. The Labute approximate surface area is 141 Å². The molecule has 0 aliphatic heterocycles. The second-order valence-corrected chi connectivity index (χ2v) is 6.61. The number of benzene rings is 1. The molecule has 11 heteroatoms. The molecule has 0 unspecified atom stereocenters. The summed E-state index contributed by atoms with van der Waals surface area (Å²) >= 11 is 3.06. The Morgan fingerprint density at radius 1 is 1.27 bits per heavy atom. The third kappa shape index (κ3) is 5.20. The number of methoxy groups -OCH3 is 2.